The van der Waals surface area contributed by atoms with E-state index in [4.69, 9.17) is 0 Å². The zero-order valence-electron chi connectivity index (χ0n) is 15.3. The summed E-state index contributed by atoms with van der Waals surface area (Å²) in [5.41, 5.74) is 1.14. The number of hydrogen-bond donors (Lipinski definition) is 1. The molecule has 6 heteroatoms. The number of para-hydroxylation sites is 1. The van der Waals surface area contributed by atoms with E-state index >= 15 is 0 Å². The van der Waals surface area contributed by atoms with Gasteiger partial charge >= 0.3 is 0 Å². The number of nitrogens with zero attached hydrogens (tertiary/aromatic N) is 1. The fourth-order valence-electron chi connectivity index (χ4n) is 3.19. The molecule has 0 spiro atoms. The van der Waals surface area contributed by atoms with E-state index in [2.05, 4.69) is 5.32 Å². The molecule has 0 unspecified atom stereocenters. The first-order chi connectivity index (χ1) is 12.9. The minimum Gasteiger partial charge on any atom is -0.324 e. The van der Waals surface area contributed by atoms with E-state index < -0.39 is 16.1 Å². The average Bonchev–Trinajstić information content (AvgIpc) is 2.66. The maximum atomic E-state index is 13.0. The summed E-state index contributed by atoms with van der Waals surface area (Å²) in [6, 6.07) is 21.2. The number of fused-ring (bicyclic) bond motifs is 1. The van der Waals surface area contributed by atoms with E-state index in [0.717, 1.165) is 17.0 Å². The minimum atomic E-state index is -3.64. The Balaban J connectivity index is 1.97. The first-order valence-electron chi connectivity index (χ1n) is 8.75. The maximum Gasteiger partial charge on any atom is 0.248 e. The lowest BCUT2D eigenvalue weighted by molar-refractivity contribution is -0.117. The number of nitrogens with one attached hydrogen (secondary N) is 1. The Labute approximate surface area is 159 Å². The minimum absolute atomic E-state index is 0.346. The first kappa shape index (κ1) is 18.9. The zero-order valence-corrected chi connectivity index (χ0v) is 16.1. The fourth-order valence-corrected chi connectivity index (χ4v) is 4.40. The number of benzene rings is 3. The maximum absolute atomic E-state index is 13.0. The van der Waals surface area contributed by atoms with Crippen molar-refractivity contribution in [2.75, 3.05) is 15.9 Å². The molecule has 27 heavy (non-hydrogen) atoms. The van der Waals surface area contributed by atoms with Crippen LogP contribution in [-0.2, 0) is 14.8 Å². The van der Waals surface area contributed by atoms with Gasteiger partial charge in [-0.25, -0.2) is 8.42 Å². The smallest absolute Gasteiger partial charge is 0.248 e. The quantitative estimate of drug-likeness (QED) is 0.700. The summed E-state index contributed by atoms with van der Waals surface area (Å²) < 4.78 is 26.1. The molecule has 0 heterocycles. The van der Waals surface area contributed by atoms with Gasteiger partial charge in [-0.15, -0.1) is 0 Å². The molecule has 0 saturated carbocycles. The van der Waals surface area contributed by atoms with Gasteiger partial charge in [0.05, 0.1) is 11.9 Å². The lowest BCUT2D eigenvalue weighted by Crippen LogP contribution is -2.47. The summed E-state index contributed by atoms with van der Waals surface area (Å²) in [4.78, 5) is 13.0. The number of anilines is 2. The topological polar surface area (TPSA) is 66.5 Å². The van der Waals surface area contributed by atoms with E-state index in [1.807, 2.05) is 42.5 Å². The second-order valence-electron chi connectivity index (χ2n) is 6.33. The van der Waals surface area contributed by atoms with Crippen LogP contribution in [0.15, 0.2) is 72.8 Å². The van der Waals surface area contributed by atoms with Crippen molar-refractivity contribution in [2.24, 2.45) is 0 Å². The Morgan fingerprint density at radius 1 is 0.963 bits per heavy atom. The Morgan fingerprint density at radius 3 is 2.26 bits per heavy atom. The van der Waals surface area contributed by atoms with Gasteiger partial charge in [-0.1, -0.05) is 61.5 Å². The third-order valence-corrected chi connectivity index (χ3v) is 5.57. The number of carbonyl (C=O) groups is 1. The molecular weight excluding hydrogens is 360 g/mol. The van der Waals surface area contributed by atoms with Crippen molar-refractivity contribution in [2.45, 2.75) is 19.4 Å². The number of sulfonamides is 1. The Bertz CT molecular complexity index is 1040. The lowest BCUT2D eigenvalue weighted by Gasteiger charge is -2.30. The van der Waals surface area contributed by atoms with Gasteiger partial charge < -0.3 is 5.32 Å². The highest BCUT2D eigenvalue weighted by molar-refractivity contribution is 7.92. The molecule has 0 aliphatic rings. The highest BCUT2D eigenvalue weighted by Gasteiger charge is 2.31. The van der Waals surface area contributed by atoms with Gasteiger partial charge in [-0.2, -0.15) is 0 Å². The predicted molar refractivity (Wildman–Crippen MR) is 110 cm³/mol. The highest BCUT2D eigenvalue weighted by Crippen LogP contribution is 2.26. The van der Waals surface area contributed by atoms with Crippen molar-refractivity contribution in [3.8, 4) is 0 Å². The normalized spacial score (nSPS) is 12.5. The van der Waals surface area contributed by atoms with Crippen molar-refractivity contribution in [3.05, 3.63) is 72.8 Å². The van der Waals surface area contributed by atoms with Crippen LogP contribution in [0.2, 0.25) is 0 Å². The third-order valence-electron chi connectivity index (χ3n) is 4.39. The molecule has 0 aliphatic heterocycles. The van der Waals surface area contributed by atoms with Crippen LogP contribution in [0.5, 0.6) is 0 Å². The third kappa shape index (κ3) is 4.11. The van der Waals surface area contributed by atoms with E-state index in [1.165, 1.54) is 4.31 Å². The van der Waals surface area contributed by atoms with Crippen LogP contribution in [0.4, 0.5) is 11.4 Å². The number of amides is 1. The Hall–Kier alpha value is -2.86. The van der Waals surface area contributed by atoms with Crippen molar-refractivity contribution < 1.29 is 13.2 Å². The SMILES string of the molecule is CC[C@@H](C(=O)Nc1cccc2ccccc12)N(c1ccccc1)S(C)(=O)=O. The molecule has 140 valence electrons. The molecule has 0 aliphatic carbocycles. The summed E-state index contributed by atoms with van der Waals surface area (Å²) in [6.45, 7) is 1.80. The number of carbonyl (C=O) groups excluding carboxylic acids is 1. The van der Waals surface area contributed by atoms with Crippen LogP contribution >= 0.6 is 0 Å². The summed E-state index contributed by atoms with van der Waals surface area (Å²) in [7, 11) is -3.64. The molecule has 1 atom stereocenters. The molecular formula is C21H22N2O3S. The standard InChI is InChI=1S/C21H22N2O3S/c1-3-20(23(27(2,25)26)17-12-5-4-6-13-17)21(24)22-19-15-9-11-16-10-7-8-14-18(16)19/h4-15,20H,3H2,1-2H3,(H,22,24)/t20-/m0/s1. The van der Waals surface area contributed by atoms with Gasteiger partial charge in [-0.3, -0.25) is 9.10 Å². The average molecular weight is 382 g/mol. The second-order valence-corrected chi connectivity index (χ2v) is 8.19. The fraction of sp³-hybridized carbons (Fsp3) is 0.190. The van der Waals surface area contributed by atoms with Crippen LogP contribution in [0.3, 0.4) is 0 Å². The van der Waals surface area contributed by atoms with Gasteiger partial charge in [0.2, 0.25) is 15.9 Å². The largest absolute Gasteiger partial charge is 0.324 e. The molecule has 0 bridgehead atoms. The summed E-state index contributed by atoms with van der Waals surface area (Å²) in [5, 5.41) is 4.83. The zero-order chi connectivity index (χ0) is 19.4. The van der Waals surface area contributed by atoms with Crippen LogP contribution in [-0.4, -0.2) is 26.6 Å². The molecule has 3 rings (SSSR count). The molecule has 0 radical (unpaired) electrons. The number of hydrogen-bond acceptors (Lipinski definition) is 3. The molecule has 0 saturated heterocycles. The van der Waals surface area contributed by atoms with Crippen molar-refractivity contribution in [3.63, 3.8) is 0 Å². The molecule has 0 aromatic heterocycles. The van der Waals surface area contributed by atoms with Crippen molar-refractivity contribution >= 4 is 38.1 Å². The Morgan fingerprint density at radius 2 is 1.59 bits per heavy atom. The molecule has 3 aromatic rings. The molecule has 3 aromatic carbocycles. The Kier molecular flexibility index (Phi) is 5.46. The van der Waals surface area contributed by atoms with E-state index in [9.17, 15) is 13.2 Å². The van der Waals surface area contributed by atoms with Gasteiger partial charge in [0, 0.05) is 11.1 Å². The van der Waals surface area contributed by atoms with Crippen LogP contribution in [0, 0.1) is 0 Å². The van der Waals surface area contributed by atoms with E-state index in [1.54, 1.807) is 37.3 Å². The van der Waals surface area contributed by atoms with Crippen LogP contribution in [0.1, 0.15) is 13.3 Å². The molecule has 5 nitrogen and oxygen atoms in total. The van der Waals surface area contributed by atoms with Crippen LogP contribution < -0.4 is 9.62 Å². The molecule has 0 fully saturated rings. The predicted octanol–water partition coefficient (Wildman–Crippen LogP) is 4.02. The lowest BCUT2D eigenvalue weighted by atomic mass is 10.1. The van der Waals surface area contributed by atoms with Gasteiger partial charge in [0.15, 0.2) is 0 Å². The summed E-state index contributed by atoms with van der Waals surface area (Å²) in [5.74, 6) is -0.358. The van der Waals surface area contributed by atoms with Gasteiger partial charge in [0.25, 0.3) is 0 Å². The monoisotopic (exact) mass is 382 g/mol. The first-order valence-corrected chi connectivity index (χ1v) is 10.6. The number of rotatable bonds is 6. The van der Waals surface area contributed by atoms with E-state index in [-0.39, 0.29) is 5.91 Å². The highest BCUT2D eigenvalue weighted by atomic mass is 32.2. The second kappa shape index (κ2) is 7.80. The van der Waals surface area contributed by atoms with Crippen molar-refractivity contribution in [1.29, 1.82) is 0 Å². The summed E-state index contributed by atoms with van der Waals surface area (Å²) in [6.07, 6.45) is 1.46. The van der Waals surface area contributed by atoms with E-state index in [0.29, 0.717) is 17.8 Å². The summed E-state index contributed by atoms with van der Waals surface area (Å²) >= 11 is 0. The molecule has 1 N–H and O–H groups in total. The van der Waals surface area contributed by atoms with Crippen molar-refractivity contribution in [1.82, 2.24) is 0 Å². The molecule has 1 amide bonds. The van der Waals surface area contributed by atoms with Gasteiger partial charge in [-0.05, 0) is 30.0 Å². The van der Waals surface area contributed by atoms with Crippen LogP contribution in [0.25, 0.3) is 10.8 Å². The van der Waals surface area contributed by atoms with Gasteiger partial charge in [0.1, 0.15) is 6.04 Å².